The lowest BCUT2D eigenvalue weighted by Crippen LogP contribution is -2.05. The summed E-state index contributed by atoms with van der Waals surface area (Å²) in [6.07, 6.45) is 3.50. The Morgan fingerprint density at radius 1 is 1.23 bits per heavy atom. The summed E-state index contributed by atoms with van der Waals surface area (Å²) in [5, 5.41) is 7.73. The van der Waals surface area contributed by atoms with E-state index in [0.29, 0.717) is 30.3 Å². The van der Waals surface area contributed by atoms with Crippen LogP contribution in [0.15, 0.2) is 59.3 Å². The van der Waals surface area contributed by atoms with E-state index in [9.17, 15) is 0 Å². The molecule has 0 unspecified atom stereocenters. The number of anilines is 2. The van der Waals surface area contributed by atoms with Crippen LogP contribution in [0.1, 0.15) is 12.7 Å². The van der Waals surface area contributed by atoms with Gasteiger partial charge in [0.25, 0.3) is 0 Å². The van der Waals surface area contributed by atoms with Crippen molar-refractivity contribution in [1.29, 1.82) is 0 Å². The number of nitrogens with one attached hydrogen (secondary N) is 1. The van der Waals surface area contributed by atoms with E-state index in [1.165, 1.54) is 0 Å². The van der Waals surface area contributed by atoms with E-state index in [2.05, 4.69) is 15.4 Å². The summed E-state index contributed by atoms with van der Waals surface area (Å²) in [6.45, 7) is 3.13. The zero-order chi connectivity index (χ0) is 17.9. The van der Waals surface area contributed by atoms with Crippen LogP contribution in [-0.4, -0.2) is 21.2 Å². The van der Waals surface area contributed by atoms with Crippen molar-refractivity contribution in [1.82, 2.24) is 14.6 Å². The third-order valence-corrected chi connectivity index (χ3v) is 3.94. The highest BCUT2D eigenvalue weighted by molar-refractivity contribution is 5.72. The lowest BCUT2D eigenvalue weighted by molar-refractivity contribution is 0.340. The zero-order valence-corrected chi connectivity index (χ0v) is 14.3. The van der Waals surface area contributed by atoms with Crippen LogP contribution in [0.3, 0.4) is 0 Å². The highest BCUT2D eigenvalue weighted by Gasteiger charge is 2.10. The normalized spacial score (nSPS) is 11.0. The predicted octanol–water partition coefficient (Wildman–Crippen LogP) is 3.58. The van der Waals surface area contributed by atoms with Gasteiger partial charge in [0, 0.05) is 11.6 Å². The third kappa shape index (κ3) is 3.19. The lowest BCUT2D eigenvalue weighted by Gasteiger charge is -2.05. The first-order valence-electron chi connectivity index (χ1n) is 8.38. The quantitative estimate of drug-likeness (QED) is 0.553. The summed E-state index contributed by atoms with van der Waals surface area (Å²) < 4.78 is 12.5. The first kappa shape index (κ1) is 16.0. The molecule has 0 atom stereocenters. The number of imidazole rings is 1. The van der Waals surface area contributed by atoms with Crippen LogP contribution in [0, 0.1) is 0 Å². The number of fused-ring (bicyclic) bond motifs is 1. The number of nitrogen functional groups attached to an aromatic ring is 1. The monoisotopic (exact) mass is 349 g/mol. The van der Waals surface area contributed by atoms with Crippen molar-refractivity contribution in [2.24, 2.45) is 0 Å². The zero-order valence-electron chi connectivity index (χ0n) is 14.3. The molecule has 0 saturated heterocycles. The fourth-order valence-electron chi connectivity index (χ4n) is 2.71. The topological polar surface area (TPSA) is 90.6 Å². The lowest BCUT2D eigenvalue weighted by atomic mass is 10.2. The largest absolute Gasteiger partial charge is 0.494 e. The summed E-state index contributed by atoms with van der Waals surface area (Å²) in [6, 6.07) is 13.3. The molecule has 0 saturated carbocycles. The molecule has 0 aliphatic rings. The molecule has 4 rings (SSSR count). The van der Waals surface area contributed by atoms with Crippen LogP contribution in [-0.2, 0) is 6.54 Å². The second-order valence-corrected chi connectivity index (χ2v) is 5.77. The predicted molar refractivity (Wildman–Crippen MR) is 100 cm³/mol. The minimum atomic E-state index is 0.533. The molecule has 7 heteroatoms. The molecule has 0 aliphatic heterocycles. The van der Waals surface area contributed by atoms with E-state index in [0.717, 1.165) is 22.8 Å². The van der Waals surface area contributed by atoms with Crippen LogP contribution in [0.5, 0.6) is 5.75 Å². The molecule has 0 fully saturated rings. The van der Waals surface area contributed by atoms with Gasteiger partial charge in [-0.25, -0.2) is 9.50 Å². The third-order valence-electron chi connectivity index (χ3n) is 3.94. The molecule has 0 amide bonds. The Morgan fingerprint density at radius 3 is 2.81 bits per heavy atom. The Morgan fingerprint density at radius 2 is 2.08 bits per heavy atom. The van der Waals surface area contributed by atoms with Gasteiger partial charge in [0.1, 0.15) is 17.3 Å². The summed E-state index contributed by atoms with van der Waals surface area (Å²) >= 11 is 0. The van der Waals surface area contributed by atoms with E-state index in [1.807, 2.05) is 49.5 Å². The number of furan rings is 1. The van der Waals surface area contributed by atoms with Gasteiger partial charge in [0.2, 0.25) is 0 Å². The van der Waals surface area contributed by atoms with Crippen LogP contribution >= 0.6 is 0 Å². The maximum absolute atomic E-state index is 6.15. The van der Waals surface area contributed by atoms with Crippen LogP contribution in [0.2, 0.25) is 0 Å². The molecular weight excluding hydrogens is 330 g/mol. The number of aromatic nitrogens is 3. The van der Waals surface area contributed by atoms with Crippen molar-refractivity contribution in [3.8, 4) is 17.0 Å². The second kappa shape index (κ2) is 6.79. The van der Waals surface area contributed by atoms with Crippen molar-refractivity contribution >= 4 is 17.2 Å². The number of rotatable bonds is 6. The standard InChI is InChI=1S/C19H19N5O2/c1-2-25-14-7-5-13(6-8-14)17-12-24-19(22-17)16(20)10-18(23-24)21-11-15-4-3-9-26-15/h3-10,12H,2,11,20H2,1H3,(H,21,23). The molecule has 0 bridgehead atoms. The maximum Gasteiger partial charge on any atom is 0.177 e. The summed E-state index contributed by atoms with van der Waals surface area (Å²) in [5.74, 6) is 2.32. The molecule has 3 heterocycles. The highest BCUT2D eigenvalue weighted by atomic mass is 16.5. The molecule has 1 aromatic carbocycles. The van der Waals surface area contributed by atoms with E-state index >= 15 is 0 Å². The Labute approximate surface area is 150 Å². The van der Waals surface area contributed by atoms with Crippen molar-refractivity contribution < 1.29 is 9.15 Å². The van der Waals surface area contributed by atoms with E-state index in [4.69, 9.17) is 14.9 Å². The number of ether oxygens (including phenoxy) is 1. The van der Waals surface area contributed by atoms with Crippen molar-refractivity contribution in [2.45, 2.75) is 13.5 Å². The fraction of sp³-hybridized carbons (Fsp3) is 0.158. The molecular formula is C19H19N5O2. The molecule has 0 radical (unpaired) electrons. The second-order valence-electron chi connectivity index (χ2n) is 5.77. The van der Waals surface area contributed by atoms with Gasteiger partial charge in [-0.3, -0.25) is 0 Å². The van der Waals surface area contributed by atoms with Gasteiger partial charge < -0.3 is 20.2 Å². The van der Waals surface area contributed by atoms with Crippen LogP contribution in [0.4, 0.5) is 11.5 Å². The minimum Gasteiger partial charge on any atom is -0.494 e. The Kier molecular flexibility index (Phi) is 4.18. The fourth-order valence-corrected chi connectivity index (χ4v) is 2.71. The molecule has 7 nitrogen and oxygen atoms in total. The first-order chi connectivity index (χ1) is 12.7. The number of hydrogen-bond acceptors (Lipinski definition) is 6. The average molecular weight is 349 g/mol. The smallest absolute Gasteiger partial charge is 0.177 e. The van der Waals surface area contributed by atoms with Crippen molar-refractivity contribution in [2.75, 3.05) is 17.7 Å². The van der Waals surface area contributed by atoms with E-state index < -0.39 is 0 Å². The minimum absolute atomic E-state index is 0.533. The van der Waals surface area contributed by atoms with Gasteiger partial charge in [0.15, 0.2) is 5.65 Å². The summed E-state index contributed by atoms with van der Waals surface area (Å²) in [5.41, 5.74) is 9.11. The molecule has 132 valence electrons. The summed E-state index contributed by atoms with van der Waals surface area (Å²) in [7, 11) is 0. The SMILES string of the molecule is CCOc1ccc(-c2cn3nc(NCc4ccco4)cc(N)c3n2)cc1. The van der Waals surface area contributed by atoms with Gasteiger partial charge >= 0.3 is 0 Å². The number of nitrogens with zero attached hydrogens (tertiary/aromatic N) is 3. The average Bonchev–Trinajstić information content (AvgIpc) is 3.31. The molecule has 3 N–H and O–H groups in total. The molecule has 4 aromatic rings. The van der Waals surface area contributed by atoms with E-state index in [-0.39, 0.29) is 0 Å². The Balaban J connectivity index is 1.60. The molecule has 0 spiro atoms. The number of benzene rings is 1. The van der Waals surface area contributed by atoms with Gasteiger partial charge in [-0.2, -0.15) is 0 Å². The van der Waals surface area contributed by atoms with Crippen LogP contribution in [0.25, 0.3) is 16.9 Å². The van der Waals surface area contributed by atoms with Crippen molar-refractivity contribution in [3.05, 3.63) is 60.7 Å². The molecule has 0 aliphatic carbocycles. The first-order valence-corrected chi connectivity index (χ1v) is 8.38. The molecule has 3 aromatic heterocycles. The van der Waals surface area contributed by atoms with Gasteiger partial charge in [-0.1, -0.05) is 0 Å². The summed E-state index contributed by atoms with van der Waals surface area (Å²) in [4.78, 5) is 4.60. The maximum atomic E-state index is 6.15. The van der Waals surface area contributed by atoms with Crippen LogP contribution < -0.4 is 15.8 Å². The Bertz CT molecular complexity index is 1010. The number of nitrogens with two attached hydrogens (primary N) is 1. The Hall–Kier alpha value is -3.48. The highest BCUT2D eigenvalue weighted by Crippen LogP contribution is 2.25. The molecule has 26 heavy (non-hydrogen) atoms. The van der Waals surface area contributed by atoms with Gasteiger partial charge in [0.05, 0.1) is 37.0 Å². The van der Waals surface area contributed by atoms with Gasteiger partial charge in [-0.05, 0) is 43.3 Å². The number of hydrogen-bond donors (Lipinski definition) is 2. The van der Waals surface area contributed by atoms with Gasteiger partial charge in [-0.15, -0.1) is 5.10 Å². The van der Waals surface area contributed by atoms with Crippen molar-refractivity contribution in [3.63, 3.8) is 0 Å². The van der Waals surface area contributed by atoms with E-state index in [1.54, 1.807) is 16.8 Å².